The predicted molar refractivity (Wildman–Crippen MR) is 64.8 cm³/mol. The van der Waals surface area contributed by atoms with Crippen LogP contribution in [0.3, 0.4) is 0 Å². The maximum Gasteiger partial charge on any atom is 0.221 e. The van der Waals surface area contributed by atoms with Crippen LogP contribution in [0.1, 0.15) is 46.0 Å². The summed E-state index contributed by atoms with van der Waals surface area (Å²) in [6.45, 7) is 5.01. The molecule has 1 unspecified atom stereocenters. The number of rotatable bonds is 6. The maximum atomic E-state index is 11.7. The Morgan fingerprint density at radius 1 is 1.44 bits per heavy atom. The van der Waals surface area contributed by atoms with Gasteiger partial charge in [0, 0.05) is 19.0 Å². The average Bonchev–Trinajstić information content (AvgIpc) is 3.06. The van der Waals surface area contributed by atoms with Crippen LogP contribution in [0.15, 0.2) is 0 Å². The average molecular weight is 224 g/mol. The minimum atomic E-state index is -0.00363. The summed E-state index contributed by atoms with van der Waals surface area (Å²) in [6, 6.07) is -0.00363. The van der Waals surface area contributed by atoms with Crippen molar-refractivity contribution in [3.05, 3.63) is 0 Å². The monoisotopic (exact) mass is 224 g/mol. The molecule has 1 atom stereocenters. The molecule has 3 nitrogen and oxygen atoms in total. The number of carbonyl (C=O) groups excluding carboxylic acids is 1. The lowest BCUT2D eigenvalue weighted by Gasteiger charge is -2.18. The fourth-order valence-corrected chi connectivity index (χ4v) is 2.38. The van der Waals surface area contributed by atoms with Gasteiger partial charge in [-0.3, -0.25) is 4.79 Å². The van der Waals surface area contributed by atoms with Gasteiger partial charge in [-0.15, -0.1) is 0 Å². The van der Waals surface area contributed by atoms with Crippen LogP contribution in [-0.4, -0.2) is 18.5 Å². The second-order valence-corrected chi connectivity index (χ2v) is 6.03. The maximum absolute atomic E-state index is 11.7. The molecule has 2 fully saturated rings. The summed E-state index contributed by atoms with van der Waals surface area (Å²) in [5, 5.41) is 3.07. The predicted octanol–water partition coefficient (Wildman–Crippen LogP) is 1.67. The van der Waals surface area contributed by atoms with Crippen LogP contribution in [0.4, 0.5) is 0 Å². The van der Waals surface area contributed by atoms with Crippen molar-refractivity contribution >= 4 is 5.91 Å². The van der Waals surface area contributed by atoms with E-state index in [0.29, 0.717) is 17.8 Å². The van der Waals surface area contributed by atoms with Crippen molar-refractivity contribution in [1.29, 1.82) is 0 Å². The Kier molecular flexibility index (Phi) is 3.24. The molecule has 0 aromatic carbocycles. The molecular formula is C13H24N2O. The Bertz CT molecular complexity index is 267. The van der Waals surface area contributed by atoms with E-state index in [9.17, 15) is 4.79 Å². The van der Waals surface area contributed by atoms with Crippen molar-refractivity contribution in [2.45, 2.75) is 52.0 Å². The van der Waals surface area contributed by atoms with E-state index >= 15 is 0 Å². The third-order valence-corrected chi connectivity index (χ3v) is 4.25. The summed E-state index contributed by atoms with van der Waals surface area (Å²) >= 11 is 0. The number of hydrogen-bond acceptors (Lipinski definition) is 2. The third kappa shape index (κ3) is 2.76. The number of carbonyl (C=O) groups is 1. The molecule has 0 spiro atoms. The minimum absolute atomic E-state index is 0.00363. The molecule has 0 aliphatic heterocycles. The molecule has 0 aromatic rings. The minimum Gasteiger partial charge on any atom is -0.355 e. The number of nitrogens with two attached hydrogens (primary N) is 1. The largest absolute Gasteiger partial charge is 0.355 e. The van der Waals surface area contributed by atoms with E-state index in [2.05, 4.69) is 19.2 Å². The summed E-state index contributed by atoms with van der Waals surface area (Å²) in [6.07, 6.45) is 5.85. The van der Waals surface area contributed by atoms with E-state index in [0.717, 1.165) is 12.5 Å². The quantitative estimate of drug-likeness (QED) is 0.721. The molecule has 2 aliphatic rings. The zero-order valence-corrected chi connectivity index (χ0v) is 10.5. The molecule has 3 heteroatoms. The van der Waals surface area contributed by atoms with Crippen molar-refractivity contribution in [2.75, 3.05) is 6.54 Å². The second-order valence-electron chi connectivity index (χ2n) is 6.03. The van der Waals surface area contributed by atoms with Crippen LogP contribution in [0, 0.1) is 17.3 Å². The molecular weight excluding hydrogens is 200 g/mol. The Morgan fingerprint density at radius 2 is 2.06 bits per heavy atom. The summed E-state index contributed by atoms with van der Waals surface area (Å²) in [5.41, 5.74) is 6.38. The molecule has 0 saturated heterocycles. The Labute approximate surface area is 98.2 Å². The Balaban J connectivity index is 1.68. The van der Waals surface area contributed by atoms with Crippen molar-refractivity contribution < 1.29 is 4.79 Å². The van der Waals surface area contributed by atoms with E-state index in [1.54, 1.807) is 0 Å². The highest BCUT2D eigenvalue weighted by molar-refractivity contribution is 5.76. The first-order chi connectivity index (χ1) is 7.53. The van der Waals surface area contributed by atoms with Crippen LogP contribution in [0.2, 0.25) is 0 Å². The highest BCUT2D eigenvalue weighted by Crippen LogP contribution is 2.60. The van der Waals surface area contributed by atoms with Gasteiger partial charge in [0.25, 0.3) is 0 Å². The Morgan fingerprint density at radius 3 is 2.50 bits per heavy atom. The Hall–Kier alpha value is -0.570. The van der Waals surface area contributed by atoms with Crippen molar-refractivity contribution in [3.8, 4) is 0 Å². The van der Waals surface area contributed by atoms with Gasteiger partial charge in [-0.25, -0.2) is 0 Å². The fraction of sp³-hybridized carbons (Fsp3) is 0.923. The van der Waals surface area contributed by atoms with Gasteiger partial charge < -0.3 is 11.1 Å². The van der Waals surface area contributed by atoms with Gasteiger partial charge in [0.2, 0.25) is 5.91 Å². The molecule has 3 N–H and O–H groups in total. The van der Waals surface area contributed by atoms with Crippen LogP contribution in [-0.2, 0) is 4.79 Å². The van der Waals surface area contributed by atoms with Crippen LogP contribution < -0.4 is 11.1 Å². The highest BCUT2D eigenvalue weighted by Gasteiger charge is 2.53. The van der Waals surface area contributed by atoms with Crippen LogP contribution >= 0.6 is 0 Å². The molecule has 92 valence electrons. The topological polar surface area (TPSA) is 55.1 Å². The SMILES string of the molecule is CC(C)C(N)CC(=O)NCC1(C2CC2)CC1. The lowest BCUT2D eigenvalue weighted by molar-refractivity contribution is -0.121. The van der Waals surface area contributed by atoms with E-state index < -0.39 is 0 Å². The lowest BCUT2D eigenvalue weighted by atomic mass is 9.99. The van der Waals surface area contributed by atoms with Crippen molar-refractivity contribution in [1.82, 2.24) is 5.32 Å². The van der Waals surface area contributed by atoms with E-state index in [4.69, 9.17) is 5.73 Å². The molecule has 0 radical (unpaired) electrons. The molecule has 2 rings (SSSR count). The normalized spacial score (nSPS) is 24.2. The molecule has 16 heavy (non-hydrogen) atoms. The van der Waals surface area contributed by atoms with E-state index in [1.807, 2.05) is 0 Å². The van der Waals surface area contributed by atoms with Gasteiger partial charge >= 0.3 is 0 Å². The van der Waals surface area contributed by atoms with Crippen molar-refractivity contribution in [3.63, 3.8) is 0 Å². The van der Waals surface area contributed by atoms with Gasteiger partial charge in [0.1, 0.15) is 0 Å². The van der Waals surface area contributed by atoms with Gasteiger partial charge in [0.15, 0.2) is 0 Å². The molecule has 2 saturated carbocycles. The molecule has 2 aliphatic carbocycles. The molecule has 0 aromatic heterocycles. The molecule has 1 amide bonds. The third-order valence-electron chi connectivity index (χ3n) is 4.25. The summed E-state index contributed by atoms with van der Waals surface area (Å²) < 4.78 is 0. The zero-order valence-electron chi connectivity index (χ0n) is 10.5. The number of nitrogens with one attached hydrogen (secondary N) is 1. The first-order valence-electron chi connectivity index (χ1n) is 6.56. The van der Waals surface area contributed by atoms with Crippen molar-refractivity contribution in [2.24, 2.45) is 23.0 Å². The van der Waals surface area contributed by atoms with Gasteiger partial charge in [-0.1, -0.05) is 13.8 Å². The van der Waals surface area contributed by atoms with Crippen LogP contribution in [0.5, 0.6) is 0 Å². The zero-order chi connectivity index (χ0) is 11.8. The number of hydrogen-bond donors (Lipinski definition) is 2. The first-order valence-corrected chi connectivity index (χ1v) is 6.56. The van der Waals surface area contributed by atoms with E-state index in [1.165, 1.54) is 25.7 Å². The smallest absolute Gasteiger partial charge is 0.221 e. The molecule has 0 bridgehead atoms. The lowest BCUT2D eigenvalue weighted by Crippen LogP contribution is -2.37. The van der Waals surface area contributed by atoms with Crippen LogP contribution in [0.25, 0.3) is 0 Å². The van der Waals surface area contributed by atoms with E-state index in [-0.39, 0.29) is 11.9 Å². The summed E-state index contributed by atoms with van der Waals surface area (Å²) in [7, 11) is 0. The summed E-state index contributed by atoms with van der Waals surface area (Å²) in [5.74, 6) is 1.42. The second kappa shape index (κ2) is 4.36. The standard InChI is InChI=1S/C13H24N2O/c1-9(2)11(14)7-12(16)15-8-13(5-6-13)10-3-4-10/h9-11H,3-8,14H2,1-2H3,(H,15,16). The summed E-state index contributed by atoms with van der Waals surface area (Å²) in [4.78, 5) is 11.7. The van der Waals surface area contributed by atoms with Gasteiger partial charge in [-0.2, -0.15) is 0 Å². The fourth-order valence-electron chi connectivity index (χ4n) is 2.38. The molecule has 0 heterocycles. The van der Waals surface area contributed by atoms with Gasteiger partial charge in [-0.05, 0) is 42.9 Å². The van der Waals surface area contributed by atoms with Gasteiger partial charge in [0.05, 0.1) is 0 Å². The number of amides is 1. The first kappa shape index (κ1) is 11.9. The highest BCUT2D eigenvalue weighted by atomic mass is 16.1.